The summed E-state index contributed by atoms with van der Waals surface area (Å²) in [6, 6.07) is 7.34. The second-order valence-electron chi connectivity index (χ2n) is 4.22. The van der Waals surface area contributed by atoms with Crippen molar-refractivity contribution in [2.45, 2.75) is 18.5 Å². The van der Waals surface area contributed by atoms with Gasteiger partial charge in [0.15, 0.2) is 0 Å². The maximum atomic E-state index is 4.45. The third kappa shape index (κ3) is 1.04. The molecule has 0 unspecified atom stereocenters. The van der Waals surface area contributed by atoms with E-state index in [0.29, 0.717) is 18.0 Å². The average Bonchev–Trinajstić information content (AvgIpc) is 2.79. The standard InChI is InChI=1S/C12H14N2/c1-14-10-6-5-9(8-10)12(14)11-4-2-3-7-13-11/h2-7,9-10,12H,8H2,1H3/t9-,10+,12+/m1/s1. The third-order valence-electron chi connectivity index (χ3n) is 3.45. The van der Waals surface area contributed by atoms with Gasteiger partial charge in [-0.1, -0.05) is 18.2 Å². The highest BCUT2D eigenvalue weighted by Gasteiger charge is 2.41. The van der Waals surface area contributed by atoms with E-state index < -0.39 is 0 Å². The van der Waals surface area contributed by atoms with E-state index in [9.17, 15) is 0 Å². The fourth-order valence-corrected chi connectivity index (χ4v) is 2.73. The maximum Gasteiger partial charge on any atom is 0.0586 e. The summed E-state index contributed by atoms with van der Waals surface area (Å²) in [4.78, 5) is 6.89. The number of hydrogen-bond acceptors (Lipinski definition) is 2. The second-order valence-corrected chi connectivity index (χ2v) is 4.22. The van der Waals surface area contributed by atoms with E-state index >= 15 is 0 Å². The van der Waals surface area contributed by atoms with Gasteiger partial charge in [0.05, 0.1) is 11.7 Å². The fraction of sp³-hybridized carbons (Fsp3) is 0.417. The lowest BCUT2D eigenvalue weighted by Gasteiger charge is -2.28. The molecule has 0 radical (unpaired) electrons. The maximum absolute atomic E-state index is 4.45. The number of fused-ring (bicyclic) bond motifs is 2. The van der Waals surface area contributed by atoms with Crippen LogP contribution in [0.4, 0.5) is 0 Å². The molecule has 3 rings (SSSR count). The summed E-state index contributed by atoms with van der Waals surface area (Å²) in [6.07, 6.45) is 7.84. The van der Waals surface area contributed by atoms with Gasteiger partial charge in [0.1, 0.15) is 0 Å². The lowest BCUT2D eigenvalue weighted by Crippen LogP contribution is -2.29. The average molecular weight is 186 g/mol. The Morgan fingerprint density at radius 1 is 1.36 bits per heavy atom. The van der Waals surface area contributed by atoms with Crippen molar-refractivity contribution in [3.05, 3.63) is 42.2 Å². The van der Waals surface area contributed by atoms with Crippen LogP contribution in [0.1, 0.15) is 18.2 Å². The Hall–Kier alpha value is -1.15. The highest BCUT2D eigenvalue weighted by Crippen LogP contribution is 2.44. The fourth-order valence-electron chi connectivity index (χ4n) is 2.73. The van der Waals surface area contributed by atoms with E-state index in [1.807, 2.05) is 12.3 Å². The highest BCUT2D eigenvalue weighted by molar-refractivity contribution is 5.23. The summed E-state index contributed by atoms with van der Waals surface area (Å²) in [7, 11) is 2.20. The molecule has 72 valence electrons. The van der Waals surface area contributed by atoms with Crippen LogP contribution < -0.4 is 0 Å². The first-order valence-corrected chi connectivity index (χ1v) is 5.17. The van der Waals surface area contributed by atoms with Crippen molar-refractivity contribution >= 4 is 0 Å². The monoisotopic (exact) mass is 186 g/mol. The van der Waals surface area contributed by atoms with Crippen LogP contribution in [0.15, 0.2) is 36.5 Å². The number of aromatic nitrogens is 1. The highest BCUT2D eigenvalue weighted by atomic mass is 15.2. The van der Waals surface area contributed by atoms with Gasteiger partial charge in [0.25, 0.3) is 0 Å². The molecule has 2 heteroatoms. The molecule has 0 spiro atoms. The van der Waals surface area contributed by atoms with Crippen molar-refractivity contribution in [3.8, 4) is 0 Å². The van der Waals surface area contributed by atoms with Crippen molar-refractivity contribution < 1.29 is 0 Å². The zero-order chi connectivity index (χ0) is 9.54. The van der Waals surface area contributed by atoms with E-state index in [1.54, 1.807) is 0 Å². The Balaban J connectivity index is 1.97. The number of rotatable bonds is 1. The van der Waals surface area contributed by atoms with E-state index in [-0.39, 0.29) is 0 Å². The molecule has 1 saturated heterocycles. The van der Waals surface area contributed by atoms with Gasteiger partial charge in [-0.05, 0) is 31.5 Å². The first-order chi connectivity index (χ1) is 6.86. The number of likely N-dealkylation sites (tertiary alicyclic amines) is 1. The summed E-state index contributed by atoms with van der Waals surface area (Å²) >= 11 is 0. The first-order valence-electron chi connectivity index (χ1n) is 5.17. The molecule has 1 aliphatic carbocycles. The summed E-state index contributed by atoms with van der Waals surface area (Å²) in [6.45, 7) is 0. The molecule has 1 aromatic heterocycles. The minimum absolute atomic E-state index is 0.506. The van der Waals surface area contributed by atoms with Gasteiger partial charge in [-0.2, -0.15) is 0 Å². The second kappa shape index (κ2) is 2.92. The van der Waals surface area contributed by atoms with Crippen molar-refractivity contribution in [1.29, 1.82) is 0 Å². The van der Waals surface area contributed by atoms with Crippen LogP contribution in [-0.4, -0.2) is 23.0 Å². The van der Waals surface area contributed by atoms with Crippen LogP contribution in [0.3, 0.4) is 0 Å². The van der Waals surface area contributed by atoms with Crippen molar-refractivity contribution in [1.82, 2.24) is 9.88 Å². The topological polar surface area (TPSA) is 16.1 Å². The van der Waals surface area contributed by atoms with E-state index in [2.05, 4.69) is 41.2 Å². The van der Waals surface area contributed by atoms with E-state index in [0.717, 1.165) is 0 Å². The molecule has 1 fully saturated rings. The predicted molar refractivity (Wildman–Crippen MR) is 55.8 cm³/mol. The van der Waals surface area contributed by atoms with Crippen LogP contribution in [0.25, 0.3) is 0 Å². The lowest BCUT2D eigenvalue weighted by molar-refractivity contribution is 0.246. The molecular formula is C12H14N2. The molecule has 2 bridgehead atoms. The Morgan fingerprint density at radius 3 is 2.93 bits per heavy atom. The quantitative estimate of drug-likeness (QED) is 0.624. The van der Waals surface area contributed by atoms with E-state index in [1.165, 1.54) is 12.1 Å². The van der Waals surface area contributed by atoms with Crippen LogP contribution in [0.2, 0.25) is 0 Å². The van der Waals surface area contributed by atoms with Gasteiger partial charge in [-0.3, -0.25) is 9.88 Å². The molecular weight excluding hydrogens is 172 g/mol. The predicted octanol–water partition coefficient (Wildman–Crippen LogP) is 2.01. The molecule has 14 heavy (non-hydrogen) atoms. The molecule has 2 nitrogen and oxygen atoms in total. The first kappa shape index (κ1) is 8.18. The summed E-state index contributed by atoms with van der Waals surface area (Å²) in [5, 5.41) is 0. The van der Waals surface area contributed by atoms with Gasteiger partial charge in [-0.15, -0.1) is 0 Å². The lowest BCUT2D eigenvalue weighted by atomic mass is 9.99. The Labute approximate surface area is 84.3 Å². The van der Waals surface area contributed by atoms with Gasteiger partial charge < -0.3 is 0 Å². The Kier molecular flexibility index (Phi) is 1.71. The smallest absolute Gasteiger partial charge is 0.0586 e. The molecule has 1 aliphatic heterocycles. The van der Waals surface area contributed by atoms with Crippen molar-refractivity contribution in [2.75, 3.05) is 7.05 Å². The van der Waals surface area contributed by atoms with E-state index in [4.69, 9.17) is 0 Å². The largest absolute Gasteiger partial charge is 0.291 e. The Morgan fingerprint density at radius 2 is 2.29 bits per heavy atom. The molecule has 0 amide bonds. The molecule has 1 aromatic rings. The van der Waals surface area contributed by atoms with Crippen LogP contribution in [0, 0.1) is 5.92 Å². The molecule has 0 N–H and O–H groups in total. The van der Waals surface area contributed by atoms with Crippen LogP contribution in [0.5, 0.6) is 0 Å². The number of nitrogens with zero attached hydrogens (tertiary/aromatic N) is 2. The van der Waals surface area contributed by atoms with Gasteiger partial charge in [0, 0.05) is 12.2 Å². The number of hydrogen-bond donors (Lipinski definition) is 0. The molecule has 0 aromatic carbocycles. The van der Waals surface area contributed by atoms with Crippen molar-refractivity contribution in [3.63, 3.8) is 0 Å². The Bertz CT molecular complexity index is 358. The zero-order valence-corrected chi connectivity index (χ0v) is 8.30. The molecule has 3 atom stereocenters. The normalized spacial score (nSPS) is 35.4. The minimum Gasteiger partial charge on any atom is -0.291 e. The van der Waals surface area contributed by atoms with Crippen molar-refractivity contribution in [2.24, 2.45) is 5.92 Å². The SMILES string of the molecule is CN1[C@H](c2ccccn2)[C@@H]2C=C[C@H]1C2. The van der Waals surface area contributed by atoms with Gasteiger partial charge in [0.2, 0.25) is 0 Å². The number of pyridine rings is 1. The molecule has 2 heterocycles. The van der Waals surface area contributed by atoms with Crippen LogP contribution in [-0.2, 0) is 0 Å². The van der Waals surface area contributed by atoms with Gasteiger partial charge >= 0.3 is 0 Å². The molecule has 2 aliphatic rings. The zero-order valence-electron chi connectivity index (χ0n) is 8.30. The third-order valence-corrected chi connectivity index (χ3v) is 3.45. The van der Waals surface area contributed by atoms with Gasteiger partial charge in [-0.25, -0.2) is 0 Å². The molecule has 0 saturated carbocycles. The summed E-state index contributed by atoms with van der Waals surface area (Å²) < 4.78 is 0. The minimum atomic E-state index is 0.506. The summed E-state index contributed by atoms with van der Waals surface area (Å²) in [5.41, 5.74) is 1.21. The summed E-state index contributed by atoms with van der Waals surface area (Å²) in [5.74, 6) is 0.680. The number of likely N-dealkylation sites (N-methyl/N-ethyl adjacent to an activating group) is 1. The van der Waals surface area contributed by atoms with Crippen LogP contribution >= 0.6 is 0 Å².